The van der Waals surface area contributed by atoms with Crippen LogP contribution in [0.15, 0.2) is 51.8 Å². The molecule has 2 rings (SSSR count). The molecule has 0 radical (unpaired) electrons. The van der Waals surface area contributed by atoms with Crippen molar-refractivity contribution >= 4 is 55.1 Å². The van der Waals surface area contributed by atoms with Gasteiger partial charge >= 0.3 is 5.97 Å². The molecular weight excluding hydrogens is 441 g/mol. The smallest absolute Gasteiger partial charge is 0.305 e. The van der Waals surface area contributed by atoms with Crippen LogP contribution >= 0.6 is 39.1 Å². The van der Waals surface area contributed by atoms with Crippen LogP contribution in [0.2, 0.25) is 10.0 Å². The Bertz CT molecular complexity index is 874. The lowest BCUT2D eigenvalue weighted by Gasteiger charge is -2.19. The molecule has 0 saturated carbocycles. The van der Waals surface area contributed by atoms with E-state index in [2.05, 4.69) is 20.7 Å². The van der Waals surface area contributed by atoms with Gasteiger partial charge in [0.05, 0.1) is 17.4 Å². The molecule has 5 nitrogen and oxygen atoms in total. The first-order valence-corrected chi connectivity index (χ1v) is 9.67. The van der Waals surface area contributed by atoms with Gasteiger partial charge in [0.2, 0.25) is 10.0 Å². The van der Waals surface area contributed by atoms with Crippen LogP contribution in [0.4, 0.5) is 0 Å². The summed E-state index contributed by atoms with van der Waals surface area (Å²) in [5.41, 5.74) is 0.332. The number of nitrogens with one attached hydrogen (secondary N) is 1. The van der Waals surface area contributed by atoms with Gasteiger partial charge < -0.3 is 5.11 Å². The monoisotopic (exact) mass is 451 g/mol. The van der Waals surface area contributed by atoms with Crippen LogP contribution in [-0.2, 0) is 14.8 Å². The average molecular weight is 453 g/mol. The number of rotatable bonds is 6. The maximum Gasteiger partial charge on any atom is 0.305 e. The van der Waals surface area contributed by atoms with E-state index in [1.165, 1.54) is 24.3 Å². The molecule has 0 bridgehead atoms. The van der Waals surface area contributed by atoms with Gasteiger partial charge in [0.1, 0.15) is 0 Å². The SMILES string of the molecule is O=C(O)CC(NS(=O)(=O)c1ccccc1Br)c1ccc(Cl)cc1Cl. The first kappa shape index (κ1) is 19.2. The molecule has 1 unspecified atom stereocenters. The molecule has 1 atom stereocenters. The van der Waals surface area contributed by atoms with Gasteiger partial charge in [-0.3, -0.25) is 4.79 Å². The van der Waals surface area contributed by atoms with Gasteiger partial charge in [-0.2, -0.15) is 0 Å². The highest BCUT2D eigenvalue weighted by molar-refractivity contribution is 9.10. The van der Waals surface area contributed by atoms with Crippen LogP contribution in [0.5, 0.6) is 0 Å². The van der Waals surface area contributed by atoms with E-state index in [1.54, 1.807) is 18.2 Å². The van der Waals surface area contributed by atoms with Crippen molar-refractivity contribution in [2.24, 2.45) is 0 Å². The first-order chi connectivity index (χ1) is 11.2. The number of carboxylic acids is 1. The second-order valence-electron chi connectivity index (χ2n) is 4.87. The van der Waals surface area contributed by atoms with Crippen molar-refractivity contribution in [2.45, 2.75) is 17.4 Å². The van der Waals surface area contributed by atoms with Gasteiger partial charge in [-0.15, -0.1) is 0 Å². The van der Waals surface area contributed by atoms with Crippen molar-refractivity contribution in [1.29, 1.82) is 0 Å². The molecule has 2 aromatic carbocycles. The fourth-order valence-corrected chi connectivity index (χ4v) is 4.85. The molecule has 2 aromatic rings. The van der Waals surface area contributed by atoms with E-state index in [0.29, 0.717) is 15.1 Å². The lowest BCUT2D eigenvalue weighted by molar-refractivity contribution is -0.137. The Morgan fingerprint density at radius 2 is 1.88 bits per heavy atom. The topological polar surface area (TPSA) is 83.5 Å². The lowest BCUT2D eigenvalue weighted by Crippen LogP contribution is -2.30. The Kier molecular flexibility index (Phi) is 6.28. The summed E-state index contributed by atoms with van der Waals surface area (Å²) >= 11 is 15.1. The summed E-state index contributed by atoms with van der Waals surface area (Å²) < 4.78 is 27.9. The van der Waals surface area contributed by atoms with Crippen molar-refractivity contribution in [3.8, 4) is 0 Å². The molecule has 0 aromatic heterocycles. The molecular formula is C15H12BrCl2NO4S. The molecule has 2 N–H and O–H groups in total. The van der Waals surface area contributed by atoms with Crippen LogP contribution < -0.4 is 4.72 Å². The van der Waals surface area contributed by atoms with E-state index >= 15 is 0 Å². The molecule has 0 fully saturated rings. The molecule has 0 saturated heterocycles. The van der Waals surface area contributed by atoms with Gasteiger partial charge in [-0.1, -0.05) is 41.4 Å². The first-order valence-electron chi connectivity index (χ1n) is 6.64. The van der Waals surface area contributed by atoms with Crippen LogP contribution in [-0.4, -0.2) is 19.5 Å². The maximum absolute atomic E-state index is 12.6. The van der Waals surface area contributed by atoms with E-state index in [4.69, 9.17) is 28.3 Å². The van der Waals surface area contributed by atoms with Crippen molar-refractivity contribution < 1.29 is 18.3 Å². The van der Waals surface area contributed by atoms with E-state index in [1.807, 2.05) is 0 Å². The summed E-state index contributed by atoms with van der Waals surface area (Å²) in [4.78, 5) is 11.1. The summed E-state index contributed by atoms with van der Waals surface area (Å²) in [6.07, 6.45) is -0.467. The third kappa shape index (κ3) is 4.70. The Morgan fingerprint density at radius 1 is 1.21 bits per heavy atom. The molecule has 0 spiro atoms. The predicted molar refractivity (Wildman–Crippen MR) is 95.9 cm³/mol. The number of halogens is 3. The number of hydrogen-bond acceptors (Lipinski definition) is 3. The second kappa shape index (κ2) is 7.84. The summed E-state index contributed by atoms with van der Waals surface area (Å²) in [5.74, 6) is -1.17. The zero-order valence-electron chi connectivity index (χ0n) is 12.0. The molecule has 128 valence electrons. The molecule has 0 aliphatic heterocycles. The largest absolute Gasteiger partial charge is 0.481 e. The lowest BCUT2D eigenvalue weighted by atomic mass is 10.1. The summed E-state index contributed by atoms with van der Waals surface area (Å²) in [6, 6.07) is 9.65. The van der Waals surface area contributed by atoms with Gasteiger partial charge in [0.25, 0.3) is 0 Å². The Hall–Kier alpha value is -1.12. The number of carbonyl (C=O) groups is 1. The Morgan fingerprint density at radius 3 is 2.46 bits per heavy atom. The molecule has 9 heteroatoms. The fraction of sp³-hybridized carbons (Fsp3) is 0.133. The highest BCUT2D eigenvalue weighted by Gasteiger charge is 2.26. The third-order valence-electron chi connectivity index (χ3n) is 3.14. The quantitative estimate of drug-likeness (QED) is 0.686. The molecule has 0 aliphatic carbocycles. The van der Waals surface area contributed by atoms with Gasteiger partial charge in [-0.05, 0) is 45.8 Å². The fourth-order valence-electron chi connectivity index (χ4n) is 2.09. The summed E-state index contributed by atoms with van der Waals surface area (Å²) in [6.45, 7) is 0. The van der Waals surface area contributed by atoms with Crippen molar-refractivity contribution in [3.05, 3.63) is 62.5 Å². The summed E-state index contributed by atoms with van der Waals surface area (Å²) in [5, 5.41) is 9.65. The minimum Gasteiger partial charge on any atom is -0.481 e. The highest BCUT2D eigenvalue weighted by Crippen LogP contribution is 2.30. The van der Waals surface area contributed by atoms with Crippen molar-refractivity contribution in [2.75, 3.05) is 0 Å². The number of carboxylic acid groups (broad SMARTS) is 1. The number of benzene rings is 2. The Labute approximate surface area is 157 Å². The molecule has 24 heavy (non-hydrogen) atoms. The Balaban J connectivity index is 2.42. The van der Waals surface area contributed by atoms with E-state index in [-0.39, 0.29) is 9.92 Å². The van der Waals surface area contributed by atoms with E-state index in [0.717, 1.165) is 0 Å². The van der Waals surface area contributed by atoms with Crippen molar-refractivity contribution in [1.82, 2.24) is 4.72 Å². The van der Waals surface area contributed by atoms with Crippen LogP contribution in [0.1, 0.15) is 18.0 Å². The number of sulfonamides is 1. The van der Waals surface area contributed by atoms with Crippen LogP contribution in [0, 0.1) is 0 Å². The number of hydrogen-bond donors (Lipinski definition) is 2. The second-order valence-corrected chi connectivity index (χ2v) is 8.25. The molecule has 0 amide bonds. The van der Waals surface area contributed by atoms with E-state index < -0.39 is 28.5 Å². The standard InChI is InChI=1S/C15H12BrCl2NO4S/c16-11-3-1-2-4-14(11)24(22,23)19-13(8-15(20)21)10-6-5-9(17)7-12(10)18/h1-7,13,19H,8H2,(H,20,21). The van der Waals surface area contributed by atoms with E-state index in [9.17, 15) is 13.2 Å². The minimum atomic E-state index is -3.96. The number of aliphatic carboxylic acids is 1. The zero-order valence-corrected chi connectivity index (χ0v) is 16.0. The molecule has 0 heterocycles. The zero-order chi connectivity index (χ0) is 17.9. The highest BCUT2D eigenvalue weighted by atomic mass is 79.9. The van der Waals surface area contributed by atoms with Gasteiger partial charge in [0, 0.05) is 14.5 Å². The predicted octanol–water partition coefficient (Wildman–Crippen LogP) is 4.25. The van der Waals surface area contributed by atoms with Crippen LogP contribution in [0.25, 0.3) is 0 Å². The normalized spacial score (nSPS) is 12.8. The summed E-state index contributed by atoms with van der Waals surface area (Å²) in [7, 11) is -3.96. The maximum atomic E-state index is 12.6. The van der Waals surface area contributed by atoms with Crippen molar-refractivity contribution in [3.63, 3.8) is 0 Å². The minimum absolute atomic E-state index is 0.00507. The van der Waals surface area contributed by atoms with Gasteiger partial charge in [-0.25, -0.2) is 13.1 Å². The van der Waals surface area contributed by atoms with Gasteiger partial charge in [0.15, 0.2) is 0 Å². The molecule has 0 aliphatic rings. The third-order valence-corrected chi connectivity index (χ3v) is 6.19. The van der Waals surface area contributed by atoms with Crippen LogP contribution in [0.3, 0.4) is 0 Å². The average Bonchev–Trinajstić information content (AvgIpc) is 2.46.